The van der Waals surface area contributed by atoms with Crippen molar-refractivity contribution in [1.82, 2.24) is 10.2 Å². The molecule has 0 saturated carbocycles. The number of carbonyl (C=O) groups excluding carboxylic acids is 3. The van der Waals surface area contributed by atoms with Gasteiger partial charge in [0.1, 0.15) is 23.9 Å². The minimum absolute atomic E-state index is 0.0588. The topological polar surface area (TPSA) is 159 Å². The first kappa shape index (κ1) is 32.5. The number of likely N-dealkylation sites (N-methyl/N-ethyl adjacent to an activating group) is 1. The Labute approximate surface area is 222 Å². The molecule has 210 valence electrons. The summed E-state index contributed by atoms with van der Waals surface area (Å²) in [4.78, 5) is 39.8. The Morgan fingerprint density at radius 3 is 2.30 bits per heavy atom. The van der Waals surface area contributed by atoms with Crippen LogP contribution in [-0.2, 0) is 36.3 Å². The van der Waals surface area contributed by atoms with E-state index in [1.807, 2.05) is 0 Å². The molecule has 0 aliphatic rings. The number of methoxy groups -OCH3 is 1. The number of nitrogens with one attached hydrogen (secondary N) is 1. The van der Waals surface area contributed by atoms with Crippen molar-refractivity contribution in [2.75, 3.05) is 26.2 Å². The second-order valence-corrected chi connectivity index (χ2v) is 10.9. The molecule has 11 heteroatoms. The number of hydrogen-bond acceptors (Lipinski definition) is 8. The molecule has 0 spiro atoms. The lowest BCUT2D eigenvalue weighted by Gasteiger charge is -2.31. The van der Waals surface area contributed by atoms with Crippen LogP contribution in [0.1, 0.15) is 57.4 Å². The molecule has 0 aliphatic heterocycles. The van der Waals surface area contributed by atoms with Gasteiger partial charge in [0.15, 0.2) is 0 Å². The highest BCUT2D eigenvalue weighted by atomic mass is 32.2. The Morgan fingerprint density at radius 2 is 1.73 bits per heavy atom. The number of phenols is 1. The number of ether oxygens (including phenoxy) is 1. The first-order valence-corrected chi connectivity index (χ1v) is 14.4. The lowest BCUT2D eigenvalue weighted by Crippen LogP contribution is -2.56. The van der Waals surface area contributed by atoms with Crippen LogP contribution in [0.15, 0.2) is 24.3 Å². The molecule has 1 aromatic carbocycles. The predicted octanol–water partition coefficient (Wildman–Crippen LogP) is 1.24. The van der Waals surface area contributed by atoms with Crippen molar-refractivity contribution in [3.8, 4) is 5.75 Å². The summed E-state index contributed by atoms with van der Waals surface area (Å²) in [6.07, 6.45) is 5.65. The molecule has 2 amide bonds. The van der Waals surface area contributed by atoms with E-state index in [0.29, 0.717) is 12.0 Å². The van der Waals surface area contributed by atoms with Crippen LogP contribution in [0, 0.1) is 0 Å². The molecule has 37 heavy (non-hydrogen) atoms. The number of rotatable bonds is 17. The smallest absolute Gasteiger partial charge is 0.328 e. The molecule has 0 saturated heterocycles. The SMILES string of the molecule is CCCCCCC[C@H](N)[C@H](O)C(=O)N(C)[C@@H](CC[S@@](C)=O)C(=O)N[C@@H](Cc1ccc(O)cc1)C(=O)OC. The van der Waals surface area contributed by atoms with Crippen molar-refractivity contribution in [2.24, 2.45) is 5.73 Å². The Bertz CT molecular complexity index is 881. The van der Waals surface area contributed by atoms with Crippen molar-refractivity contribution >= 4 is 28.6 Å². The summed E-state index contributed by atoms with van der Waals surface area (Å²) in [7, 11) is 1.35. The van der Waals surface area contributed by atoms with Crippen LogP contribution >= 0.6 is 0 Å². The van der Waals surface area contributed by atoms with E-state index < -0.39 is 52.8 Å². The van der Waals surface area contributed by atoms with E-state index in [-0.39, 0.29) is 24.3 Å². The second-order valence-electron chi connectivity index (χ2n) is 9.30. The molecule has 0 unspecified atom stereocenters. The maximum Gasteiger partial charge on any atom is 0.328 e. The number of amides is 2. The van der Waals surface area contributed by atoms with Gasteiger partial charge in [-0.25, -0.2) is 4.79 Å². The second kappa shape index (κ2) is 17.1. The van der Waals surface area contributed by atoms with Crippen molar-refractivity contribution < 1.29 is 33.5 Å². The van der Waals surface area contributed by atoms with Gasteiger partial charge < -0.3 is 30.9 Å². The lowest BCUT2D eigenvalue weighted by atomic mass is 10.0. The molecular weight excluding hydrogens is 498 g/mol. The van der Waals surface area contributed by atoms with Gasteiger partial charge in [0.05, 0.1) is 7.11 Å². The number of nitrogens with zero attached hydrogens (tertiary/aromatic N) is 1. The number of benzene rings is 1. The third-order valence-electron chi connectivity index (χ3n) is 6.27. The minimum Gasteiger partial charge on any atom is -0.508 e. The summed E-state index contributed by atoms with van der Waals surface area (Å²) >= 11 is 0. The van der Waals surface area contributed by atoms with Crippen LogP contribution in [0.4, 0.5) is 0 Å². The number of nitrogens with two attached hydrogens (primary N) is 1. The molecule has 10 nitrogen and oxygen atoms in total. The number of hydrogen-bond donors (Lipinski definition) is 4. The molecule has 0 heterocycles. The van der Waals surface area contributed by atoms with E-state index in [4.69, 9.17) is 10.5 Å². The number of esters is 1. The fourth-order valence-electron chi connectivity index (χ4n) is 3.94. The predicted molar refractivity (Wildman–Crippen MR) is 143 cm³/mol. The van der Waals surface area contributed by atoms with Gasteiger partial charge in [-0.2, -0.15) is 0 Å². The highest BCUT2D eigenvalue weighted by Gasteiger charge is 2.34. The summed E-state index contributed by atoms with van der Waals surface area (Å²) < 4.78 is 16.6. The monoisotopic (exact) mass is 541 g/mol. The molecule has 0 aliphatic carbocycles. The highest BCUT2D eigenvalue weighted by Crippen LogP contribution is 2.15. The van der Waals surface area contributed by atoms with Crippen molar-refractivity contribution in [3.05, 3.63) is 29.8 Å². The molecule has 1 rings (SSSR count). The van der Waals surface area contributed by atoms with Gasteiger partial charge in [-0.3, -0.25) is 13.8 Å². The summed E-state index contributed by atoms with van der Waals surface area (Å²) in [5, 5.41) is 22.7. The fraction of sp³-hybridized carbons (Fsp3) is 0.654. The summed E-state index contributed by atoms with van der Waals surface area (Å²) in [6.45, 7) is 2.12. The Balaban J connectivity index is 2.96. The van der Waals surface area contributed by atoms with Gasteiger partial charge in [0.25, 0.3) is 5.91 Å². The van der Waals surface area contributed by atoms with Crippen LogP contribution in [0.2, 0.25) is 0 Å². The number of aliphatic hydroxyl groups excluding tert-OH is 1. The van der Waals surface area contributed by atoms with Gasteiger partial charge in [-0.05, 0) is 30.5 Å². The number of aromatic hydroxyl groups is 1. The number of aliphatic hydroxyl groups is 1. The number of phenolic OH excluding ortho intramolecular Hbond substituents is 1. The number of carbonyl (C=O) groups is 3. The van der Waals surface area contributed by atoms with E-state index in [1.165, 1.54) is 32.5 Å². The van der Waals surface area contributed by atoms with Gasteiger partial charge in [0, 0.05) is 42.3 Å². The van der Waals surface area contributed by atoms with E-state index in [1.54, 1.807) is 12.1 Å². The Morgan fingerprint density at radius 1 is 1.11 bits per heavy atom. The van der Waals surface area contributed by atoms with Gasteiger partial charge in [0.2, 0.25) is 5.91 Å². The zero-order valence-electron chi connectivity index (χ0n) is 22.4. The van der Waals surface area contributed by atoms with Crippen molar-refractivity contribution in [3.63, 3.8) is 0 Å². The van der Waals surface area contributed by atoms with E-state index in [0.717, 1.165) is 37.0 Å². The molecular formula is C26H43N3O7S. The zero-order valence-corrected chi connectivity index (χ0v) is 23.2. The first-order valence-electron chi connectivity index (χ1n) is 12.7. The number of unbranched alkanes of at least 4 members (excludes halogenated alkanes) is 4. The van der Waals surface area contributed by atoms with Crippen LogP contribution in [0.5, 0.6) is 5.75 Å². The average Bonchev–Trinajstić information content (AvgIpc) is 2.87. The normalized spacial score (nSPS) is 15.2. The summed E-state index contributed by atoms with van der Waals surface area (Å²) in [5.41, 5.74) is 6.75. The molecule has 5 N–H and O–H groups in total. The largest absolute Gasteiger partial charge is 0.508 e. The third kappa shape index (κ3) is 11.6. The molecule has 5 atom stereocenters. The first-order chi connectivity index (χ1) is 17.5. The highest BCUT2D eigenvalue weighted by molar-refractivity contribution is 7.84. The lowest BCUT2D eigenvalue weighted by molar-refractivity contribution is -0.149. The summed E-state index contributed by atoms with van der Waals surface area (Å²) in [6, 6.07) is 3.23. The van der Waals surface area contributed by atoms with E-state index in [9.17, 15) is 28.8 Å². The van der Waals surface area contributed by atoms with Crippen LogP contribution < -0.4 is 11.1 Å². The quantitative estimate of drug-likeness (QED) is 0.169. The molecule has 0 radical (unpaired) electrons. The van der Waals surface area contributed by atoms with Crippen LogP contribution in [0.25, 0.3) is 0 Å². The molecule has 0 aromatic heterocycles. The van der Waals surface area contributed by atoms with Crippen LogP contribution in [0.3, 0.4) is 0 Å². The standard InChI is InChI=1S/C26H43N3O7S/c1-5-6-7-8-9-10-20(27)23(31)25(33)29(2)22(15-16-37(4)35)24(32)28-21(26(34)36-3)17-18-11-13-19(30)14-12-18/h11-14,20-23,30-31H,5-10,15-17,27H2,1-4H3,(H,28,32)/t20-,21-,22-,23-,37+/m0/s1. The van der Waals surface area contributed by atoms with Gasteiger partial charge in [-0.1, -0.05) is 51.2 Å². The molecule has 0 bridgehead atoms. The van der Waals surface area contributed by atoms with E-state index in [2.05, 4.69) is 12.2 Å². The molecule has 1 aromatic rings. The summed E-state index contributed by atoms with van der Waals surface area (Å²) in [5.74, 6) is -1.84. The van der Waals surface area contributed by atoms with Crippen molar-refractivity contribution in [1.29, 1.82) is 0 Å². The third-order valence-corrected chi connectivity index (χ3v) is 7.09. The van der Waals surface area contributed by atoms with Crippen molar-refractivity contribution in [2.45, 2.75) is 82.5 Å². The zero-order chi connectivity index (χ0) is 28.0. The minimum atomic E-state index is -1.49. The maximum absolute atomic E-state index is 13.3. The van der Waals surface area contributed by atoms with E-state index >= 15 is 0 Å². The van der Waals surface area contributed by atoms with Crippen LogP contribution in [-0.4, -0.2) is 87.5 Å². The molecule has 0 fully saturated rings. The van der Waals surface area contributed by atoms with Gasteiger partial charge >= 0.3 is 5.97 Å². The average molecular weight is 542 g/mol. The van der Waals surface area contributed by atoms with Gasteiger partial charge in [-0.15, -0.1) is 0 Å². The maximum atomic E-state index is 13.3. The Kier molecular flexibility index (Phi) is 15.0. The Hall–Kier alpha value is -2.50. The fourth-order valence-corrected chi connectivity index (χ4v) is 4.49.